The number of hydrogen-bond donors (Lipinski definition) is 2. The molecule has 1 rings (SSSR count). The minimum atomic E-state index is -0.785. The fourth-order valence-corrected chi connectivity index (χ4v) is 1.30. The van der Waals surface area contributed by atoms with Gasteiger partial charge in [0.25, 0.3) is 5.91 Å². The molecule has 0 unspecified atom stereocenters. The number of nitrogens with one attached hydrogen (secondary N) is 2. The summed E-state index contributed by atoms with van der Waals surface area (Å²) < 4.78 is 9.94. The Morgan fingerprint density at radius 2 is 2.11 bits per heavy atom. The number of imide groups is 1. The van der Waals surface area contributed by atoms with Gasteiger partial charge in [-0.15, -0.1) is 0 Å². The van der Waals surface area contributed by atoms with Gasteiger partial charge in [0.05, 0.1) is 0 Å². The Balaban J connectivity index is 2.34. The van der Waals surface area contributed by atoms with Gasteiger partial charge >= 0.3 is 12.0 Å². The van der Waals surface area contributed by atoms with Gasteiger partial charge in [0.1, 0.15) is 0 Å². The van der Waals surface area contributed by atoms with Crippen molar-refractivity contribution >= 4 is 33.8 Å². The summed E-state index contributed by atoms with van der Waals surface area (Å²) >= 11 is 3.02. The number of urea groups is 1. The number of amides is 3. The zero-order valence-electron chi connectivity index (χ0n) is 9.49. The fraction of sp³-hybridized carbons (Fsp3) is 0.300. The third kappa shape index (κ3) is 4.58. The van der Waals surface area contributed by atoms with Gasteiger partial charge in [-0.05, 0) is 35.0 Å². The van der Waals surface area contributed by atoms with E-state index in [1.54, 1.807) is 6.92 Å². The van der Waals surface area contributed by atoms with Crippen molar-refractivity contribution in [2.45, 2.75) is 6.92 Å². The van der Waals surface area contributed by atoms with Crippen molar-refractivity contribution in [2.24, 2.45) is 0 Å². The molecule has 98 valence electrons. The van der Waals surface area contributed by atoms with Crippen molar-refractivity contribution in [3.05, 3.63) is 22.6 Å². The molecular weight excluding hydrogens is 308 g/mol. The van der Waals surface area contributed by atoms with Gasteiger partial charge in [0, 0.05) is 6.54 Å². The van der Waals surface area contributed by atoms with Crippen LogP contribution in [-0.2, 0) is 9.53 Å². The van der Waals surface area contributed by atoms with Crippen molar-refractivity contribution in [3.63, 3.8) is 0 Å². The Hall–Kier alpha value is -1.83. The second-order valence-electron chi connectivity index (χ2n) is 3.09. The van der Waals surface area contributed by atoms with Crippen molar-refractivity contribution < 1.29 is 23.5 Å². The third-order valence-corrected chi connectivity index (χ3v) is 2.13. The average Bonchev–Trinajstić information content (AvgIpc) is 2.73. The lowest BCUT2D eigenvalue weighted by Gasteiger charge is -2.04. The van der Waals surface area contributed by atoms with E-state index >= 15 is 0 Å². The topological polar surface area (TPSA) is 97.6 Å². The van der Waals surface area contributed by atoms with Crippen molar-refractivity contribution in [1.82, 2.24) is 10.6 Å². The SMILES string of the molecule is CCNC(=O)NC(=O)COC(=O)c1ccc(Br)o1. The van der Waals surface area contributed by atoms with Crippen LogP contribution in [0.2, 0.25) is 0 Å². The lowest BCUT2D eigenvalue weighted by Crippen LogP contribution is -2.41. The normalized spacial score (nSPS) is 9.67. The second-order valence-corrected chi connectivity index (χ2v) is 3.87. The summed E-state index contributed by atoms with van der Waals surface area (Å²) in [6, 6.07) is 2.28. The standard InChI is InChI=1S/C10H11BrN2O5/c1-2-12-10(16)13-8(14)5-17-9(15)6-3-4-7(11)18-6/h3-4H,2,5H2,1H3,(H2,12,13,14,16). The highest BCUT2D eigenvalue weighted by Crippen LogP contribution is 2.14. The molecule has 0 aliphatic heterocycles. The maximum atomic E-state index is 11.4. The van der Waals surface area contributed by atoms with E-state index in [1.165, 1.54) is 12.1 Å². The van der Waals surface area contributed by atoms with E-state index in [0.29, 0.717) is 11.2 Å². The van der Waals surface area contributed by atoms with E-state index in [-0.39, 0.29) is 5.76 Å². The first-order chi connectivity index (χ1) is 8.52. The molecular formula is C10H11BrN2O5. The summed E-state index contributed by atoms with van der Waals surface area (Å²) in [5.74, 6) is -1.54. The summed E-state index contributed by atoms with van der Waals surface area (Å²) in [6.07, 6.45) is 0. The number of halogens is 1. The van der Waals surface area contributed by atoms with Crippen LogP contribution in [0.25, 0.3) is 0 Å². The molecule has 0 fully saturated rings. The van der Waals surface area contributed by atoms with Crippen LogP contribution in [-0.4, -0.2) is 31.1 Å². The predicted molar refractivity (Wildman–Crippen MR) is 63.9 cm³/mol. The van der Waals surface area contributed by atoms with E-state index in [9.17, 15) is 14.4 Å². The Bertz CT molecular complexity index is 457. The summed E-state index contributed by atoms with van der Waals surface area (Å²) in [4.78, 5) is 33.5. The van der Waals surface area contributed by atoms with E-state index in [1.807, 2.05) is 5.32 Å². The van der Waals surface area contributed by atoms with E-state index in [4.69, 9.17) is 4.42 Å². The second kappa shape index (κ2) is 6.80. The molecule has 0 aliphatic rings. The van der Waals surface area contributed by atoms with E-state index in [2.05, 4.69) is 26.0 Å². The third-order valence-electron chi connectivity index (χ3n) is 1.70. The molecule has 0 radical (unpaired) electrons. The molecule has 0 aromatic carbocycles. The summed E-state index contributed by atoms with van der Waals surface area (Å²) in [5.41, 5.74) is 0. The number of rotatable bonds is 4. The molecule has 0 bridgehead atoms. The first-order valence-corrected chi connectivity index (χ1v) is 5.82. The molecule has 7 nitrogen and oxygen atoms in total. The van der Waals surface area contributed by atoms with Gasteiger partial charge < -0.3 is 14.5 Å². The van der Waals surface area contributed by atoms with Crippen molar-refractivity contribution in [2.75, 3.05) is 13.2 Å². The zero-order chi connectivity index (χ0) is 13.5. The van der Waals surface area contributed by atoms with Crippen molar-refractivity contribution in [3.8, 4) is 0 Å². The van der Waals surface area contributed by atoms with E-state index in [0.717, 1.165) is 0 Å². The minimum absolute atomic E-state index is 0.0346. The number of carbonyl (C=O) groups excluding carboxylic acids is 3. The molecule has 1 aromatic heterocycles. The molecule has 0 saturated heterocycles. The predicted octanol–water partition coefficient (Wildman–Crippen LogP) is 1.04. The van der Waals surface area contributed by atoms with Crippen LogP contribution in [0.4, 0.5) is 4.79 Å². The largest absolute Gasteiger partial charge is 0.450 e. The van der Waals surface area contributed by atoms with Crippen LogP contribution in [0.1, 0.15) is 17.5 Å². The molecule has 8 heteroatoms. The monoisotopic (exact) mass is 318 g/mol. The van der Waals surface area contributed by atoms with Crippen LogP contribution in [0.3, 0.4) is 0 Å². The van der Waals surface area contributed by atoms with E-state index < -0.39 is 24.5 Å². The summed E-state index contributed by atoms with van der Waals surface area (Å²) in [7, 11) is 0. The number of ether oxygens (including phenoxy) is 1. The minimum Gasteiger partial charge on any atom is -0.450 e. The highest BCUT2D eigenvalue weighted by atomic mass is 79.9. The van der Waals surface area contributed by atoms with Gasteiger partial charge in [-0.25, -0.2) is 9.59 Å². The van der Waals surface area contributed by atoms with Crippen LogP contribution < -0.4 is 10.6 Å². The van der Waals surface area contributed by atoms with Crippen LogP contribution in [0.5, 0.6) is 0 Å². The maximum absolute atomic E-state index is 11.4. The molecule has 3 amide bonds. The summed E-state index contributed by atoms with van der Waals surface area (Å²) in [5, 5.41) is 4.35. The van der Waals surface area contributed by atoms with Crippen molar-refractivity contribution in [1.29, 1.82) is 0 Å². The number of furan rings is 1. The first kappa shape index (κ1) is 14.2. The van der Waals surface area contributed by atoms with Crippen LogP contribution >= 0.6 is 15.9 Å². The average molecular weight is 319 g/mol. The van der Waals surface area contributed by atoms with Gasteiger partial charge in [-0.3, -0.25) is 10.1 Å². The quantitative estimate of drug-likeness (QED) is 0.808. The Labute approximate surface area is 111 Å². The highest BCUT2D eigenvalue weighted by molar-refractivity contribution is 9.10. The molecule has 0 spiro atoms. The molecule has 2 N–H and O–H groups in total. The first-order valence-electron chi connectivity index (χ1n) is 5.03. The van der Waals surface area contributed by atoms with Gasteiger partial charge in [0.15, 0.2) is 11.3 Å². The zero-order valence-corrected chi connectivity index (χ0v) is 11.1. The molecule has 18 heavy (non-hydrogen) atoms. The van der Waals surface area contributed by atoms with Crippen LogP contribution in [0.15, 0.2) is 21.2 Å². The Morgan fingerprint density at radius 3 is 2.67 bits per heavy atom. The lowest BCUT2D eigenvalue weighted by molar-refractivity contribution is -0.123. The van der Waals surface area contributed by atoms with Crippen LogP contribution in [0, 0.1) is 0 Å². The Morgan fingerprint density at radius 1 is 1.39 bits per heavy atom. The lowest BCUT2D eigenvalue weighted by atomic mass is 10.4. The summed E-state index contributed by atoms with van der Waals surface area (Å²) in [6.45, 7) is 1.53. The Kier molecular flexibility index (Phi) is 5.37. The highest BCUT2D eigenvalue weighted by Gasteiger charge is 2.14. The number of hydrogen-bond acceptors (Lipinski definition) is 5. The molecule has 1 aromatic rings. The molecule has 0 saturated carbocycles. The number of carbonyl (C=O) groups is 3. The van der Waals surface area contributed by atoms with Gasteiger partial charge in [-0.2, -0.15) is 0 Å². The van der Waals surface area contributed by atoms with Gasteiger partial charge in [0.2, 0.25) is 5.76 Å². The maximum Gasteiger partial charge on any atom is 0.374 e. The van der Waals surface area contributed by atoms with Gasteiger partial charge in [-0.1, -0.05) is 0 Å². The molecule has 0 aliphatic carbocycles. The molecule has 1 heterocycles. The molecule has 0 atom stereocenters. The number of esters is 1. The smallest absolute Gasteiger partial charge is 0.374 e. The fourth-order valence-electron chi connectivity index (χ4n) is 0.994.